The number of primary amides is 1. The van der Waals surface area contributed by atoms with Crippen LogP contribution in [-0.4, -0.2) is 280 Å². The van der Waals surface area contributed by atoms with Crippen molar-refractivity contribution in [3.8, 4) is 0 Å². The zero-order chi connectivity index (χ0) is 90.3. The van der Waals surface area contributed by atoms with Crippen LogP contribution in [0.4, 0.5) is 10.5 Å². The summed E-state index contributed by atoms with van der Waals surface area (Å²) in [6.45, 7) is 24.1. The second-order valence-corrected chi connectivity index (χ2v) is 33.5. The molecule has 2 aromatic carbocycles. The number of alkyl carbamates (subject to hydrolysis) is 1. The van der Waals surface area contributed by atoms with Gasteiger partial charge < -0.3 is 99.0 Å². The highest BCUT2D eigenvalue weighted by molar-refractivity contribution is 7.09. The van der Waals surface area contributed by atoms with Crippen molar-refractivity contribution >= 4 is 76.0 Å². The number of hydrogen-bond donors (Lipinski definition) is 7. The molecule has 8 amide bonds. The van der Waals surface area contributed by atoms with Gasteiger partial charge in [0, 0.05) is 122 Å². The van der Waals surface area contributed by atoms with Crippen LogP contribution in [0.15, 0.2) is 66.2 Å². The first kappa shape index (κ1) is 108. The standard InChI is InChI=1S/C90H148N10O22S/c1-14-66(8)84(77(112-12)61-81(106)100-40-24-29-74(100)85(113-13)67(9)75(101)59-70(88-92-39-57-123-88)58-68-26-18-17-19-27-68)99(11)89(109)72(63(2)3)60-76(102)83(65(6)7)98(10)80(105)32-25-41-114-43-45-116-47-49-118-51-53-120-55-56-121-54-52-119-50-48-117-46-44-115-42-38-93-90(110)122-62-69-33-35-71(36-34-69)95-86(107)73(28-21-22-30-78(91)103)96-87(108)82(64(4)5)97-79(104)31-20-15-16-23-37-94-111/h17-19,26-27,33-36,39,57,63-67,70,72-74,77,82-85,94,111H,14-16,20-25,28-32,37-38,40-56,58-62H2,1-13H3,(H2,91,103)(H,93,110)(H,95,107)(H,96,108)(H,97,104)/t66?,67-,70+,72-,73?,74-,77+,82-,83-,84-,85+/m0/s1. The van der Waals surface area contributed by atoms with E-state index in [4.69, 9.17) is 63.0 Å². The van der Waals surface area contributed by atoms with E-state index < -0.39 is 72.0 Å². The van der Waals surface area contributed by atoms with Gasteiger partial charge in [0.15, 0.2) is 5.78 Å². The maximum absolute atomic E-state index is 14.9. The molecule has 1 aromatic heterocycles. The third-order valence-corrected chi connectivity index (χ3v) is 23.1. The van der Waals surface area contributed by atoms with E-state index >= 15 is 0 Å². The number of nitrogens with one attached hydrogen (secondary N) is 5. The number of Topliss-reactive ketones (excluding diaryl/α,β-unsaturated/α-hetero) is 2. The zero-order valence-corrected chi connectivity index (χ0v) is 76.4. The molecule has 32 nitrogen and oxygen atoms in total. The molecule has 2 unspecified atom stereocenters. The number of ketones is 2. The molecule has 1 fully saturated rings. The van der Waals surface area contributed by atoms with Crippen LogP contribution >= 0.6 is 11.3 Å². The number of carbonyl (C=O) groups excluding carboxylic acids is 10. The van der Waals surface area contributed by atoms with Crippen LogP contribution < -0.4 is 32.5 Å². The summed E-state index contributed by atoms with van der Waals surface area (Å²) in [7, 11) is 6.56. The quantitative estimate of drug-likeness (QED) is 0.0204. The maximum Gasteiger partial charge on any atom is 0.407 e. The van der Waals surface area contributed by atoms with Crippen molar-refractivity contribution in [2.24, 2.45) is 41.2 Å². The molecule has 0 radical (unpaired) electrons. The molecule has 1 aliphatic heterocycles. The van der Waals surface area contributed by atoms with Gasteiger partial charge in [-0.2, -0.15) is 0 Å². The van der Waals surface area contributed by atoms with Gasteiger partial charge in [0.2, 0.25) is 41.4 Å². The normalized spacial score (nSPS) is 15.3. The third-order valence-electron chi connectivity index (χ3n) is 22.1. The Morgan fingerprint density at radius 2 is 1.19 bits per heavy atom. The molecular formula is C90H148N10O22S. The van der Waals surface area contributed by atoms with Crippen LogP contribution in [0, 0.1) is 35.5 Å². The molecule has 1 aliphatic rings. The summed E-state index contributed by atoms with van der Waals surface area (Å²) in [5.74, 6) is -4.54. The third kappa shape index (κ3) is 42.6. The number of benzene rings is 2. The van der Waals surface area contributed by atoms with Crippen molar-refractivity contribution in [3.05, 3.63) is 82.3 Å². The first-order valence-corrected chi connectivity index (χ1v) is 45.1. The van der Waals surface area contributed by atoms with Crippen molar-refractivity contribution in [2.45, 2.75) is 233 Å². The minimum Gasteiger partial charge on any atom is -0.445 e. The van der Waals surface area contributed by atoms with E-state index in [0.717, 1.165) is 36.3 Å². The van der Waals surface area contributed by atoms with Crippen molar-refractivity contribution in [2.75, 3.05) is 159 Å². The molecule has 0 bridgehead atoms. The molecule has 0 aliphatic carbocycles. The van der Waals surface area contributed by atoms with Crippen LogP contribution in [-0.2, 0) is 108 Å². The number of methoxy groups -OCH3 is 2. The lowest BCUT2D eigenvalue weighted by Crippen LogP contribution is -2.54. The predicted molar refractivity (Wildman–Crippen MR) is 468 cm³/mol. The van der Waals surface area contributed by atoms with Gasteiger partial charge in [0.05, 0.1) is 141 Å². The number of rotatable bonds is 71. The number of ether oxygens (including phenoxy) is 11. The average Bonchev–Trinajstić information content (AvgIpc) is 1.61. The highest BCUT2D eigenvalue weighted by atomic mass is 32.1. The number of likely N-dealkylation sites (tertiary alicyclic amines) is 1. The molecular weight excluding hydrogens is 1610 g/mol. The summed E-state index contributed by atoms with van der Waals surface area (Å²) in [6, 6.07) is 13.3. The van der Waals surface area contributed by atoms with E-state index in [2.05, 4.69) is 43.9 Å². The van der Waals surface area contributed by atoms with Gasteiger partial charge in [-0.3, -0.25) is 43.2 Å². The average molecular weight is 1750 g/mol. The fourth-order valence-corrected chi connectivity index (χ4v) is 15.8. The molecule has 123 heavy (non-hydrogen) atoms. The minimum atomic E-state index is -0.975. The molecule has 1 saturated heterocycles. The fourth-order valence-electron chi connectivity index (χ4n) is 15.0. The van der Waals surface area contributed by atoms with E-state index in [1.165, 1.54) is 4.90 Å². The number of hydrogen-bond acceptors (Lipinski definition) is 25. The number of likely N-dealkylation sites (N-methyl/N-ethyl adjacent to an activating group) is 2. The second kappa shape index (κ2) is 63.4. The predicted octanol–water partition coefficient (Wildman–Crippen LogP) is 9.44. The van der Waals surface area contributed by atoms with Crippen LogP contribution in [0.25, 0.3) is 0 Å². The lowest BCUT2D eigenvalue weighted by atomic mass is 9.83. The molecule has 8 N–H and O–H groups in total. The summed E-state index contributed by atoms with van der Waals surface area (Å²) >= 11 is 1.55. The molecule has 11 atom stereocenters. The van der Waals surface area contributed by atoms with E-state index in [9.17, 15) is 47.9 Å². The molecule has 696 valence electrons. The Balaban J connectivity index is 1.00. The van der Waals surface area contributed by atoms with E-state index in [-0.39, 0.29) is 129 Å². The summed E-state index contributed by atoms with van der Waals surface area (Å²) in [5.41, 5.74) is 9.65. The molecule has 0 spiro atoms. The number of aromatic nitrogens is 1. The number of thiazole rings is 1. The van der Waals surface area contributed by atoms with E-state index in [1.807, 2.05) is 76.9 Å². The molecule has 3 aromatic rings. The molecule has 33 heteroatoms. The van der Waals surface area contributed by atoms with Crippen molar-refractivity contribution in [1.82, 2.24) is 41.1 Å². The summed E-state index contributed by atoms with van der Waals surface area (Å²) in [5, 5.41) is 22.6. The van der Waals surface area contributed by atoms with Crippen LogP contribution in [0.5, 0.6) is 0 Å². The Bertz CT molecular complexity index is 3460. The number of anilines is 1. The van der Waals surface area contributed by atoms with Gasteiger partial charge in [0.25, 0.3) is 0 Å². The molecule has 4 rings (SSSR count). The molecule has 0 saturated carbocycles. The lowest BCUT2D eigenvalue weighted by Gasteiger charge is -2.41. The van der Waals surface area contributed by atoms with Crippen LogP contribution in [0.2, 0.25) is 0 Å². The number of carbonyl (C=O) groups is 10. The zero-order valence-electron chi connectivity index (χ0n) is 75.6. The van der Waals surface area contributed by atoms with E-state index in [1.54, 1.807) is 88.9 Å². The number of nitrogens with two attached hydrogens (primary N) is 1. The van der Waals surface area contributed by atoms with E-state index in [0.29, 0.717) is 175 Å². The van der Waals surface area contributed by atoms with Crippen molar-refractivity contribution in [1.29, 1.82) is 0 Å². The first-order chi connectivity index (χ1) is 59.2. The van der Waals surface area contributed by atoms with Crippen molar-refractivity contribution in [3.63, 3.8) is 0 Å². The monoisotopic (exact) mass is 1750 g/mol. The smallest absolute Gasteiger partial charge is 0.407 e. The number of hydroxylamine groups is 1. The van der Waals surface area contributed by atoms with Gasteiger partial charge in [0.1, 0.15) is 24.5 Å². The Kier molecular flexibility index (Phi) is 55.6. The van der Waals surface area contributed by atoms with Gasteiger partial charge in [-0.05, 0) is 98.3 Å². The second-order valence-electron chi connectivity index (χ2n) is 32.6. The fraction of sp³-hybridized carbons (Fsp3) is 0.722. The van der Waals surface area contributed by atoms with Crippen molar-refractivity contribution < 1.29 is 105 Å². The maximum atomic E-state index is 14.9. The van der Waals surface area contributed by atoms with Crippen LogP contribution in [0.1, 0.15) is 194 Å². The van der Waals surface area contributed by atoms with Gasteiger partial charge >= 0.3 is 6.09 Å². The highest BCUT2D eigenvalue weighted by Crippen LogP contribution is 2.34. The minimum absolute atomic E-state index is 0.00113. The largest absolute Gasteiger partial charge is 0.445 e. The Labute approximate surface area is 734 Å². The number of unbranched alkanes of at least 4 members (excludes halogenated alkanes) is 4. The molecule has 2 heterocycles. The SMILES string of the molecule is CCC(C)[C@@H]([C@@H](CC(=O)N1CCC[C@H]1[C@H](OC)[C@@H](C)C(=O)C[C@@H](Cc1ccccc1)c1nccs1)OC)N(C)C(=O)[C@@H](CC(=O)[C@H](C(C)C)N(C)C(=O)CCCOCCOCCOCCOCCOCCOCCOCCOCCNC(=O)OCc1ccc(NC(=O)C(CCCCC(N)=O)NC(=O)[C@@H](NC(=O)CCCCCCNO)C(C)C)cc1)C(C)C. The van der Waals surface area contributed by atoms with Gasteiger partial charge in [-0.25, -0.2) is 15.3 Å². The first-order valence-electron chi connectivity index (χ1n) is 44.2. The summed E-state index contributed by atoms with van der Waals surface area (Å²) in [4.78, 5) is 145. The Morgan fingerprint density at radius 3 is 1.72 bits per heavy atom. The highest BCUT2D eigenvalue weighted by Gasteiger charge is 2.44. The van der Waals surface area contributed by atoms with Gasteiger partial charge in [-0.15, -0.1) is 11.3 Å². The number of amides is 8. The summed E-state index contributed by atoms with van der Waals surface area (Å²) in [6.07, 6.45) is 8.03. The van der Waals surface area contributed by atoms with Crippen LogP contribution in [0.3, 0.4) is 0 Å². The Morgan fingerprint density at radius 1 is 0.602 bits per heavy atom. The number of nitrogens with zero attached hydrogens (tertiary/aromatic N) is 4. The van der Waals surface area contributed by atoms with Gasteiger partial charge in [-0.1, -0.05) is 130 Å². The topological polar surface area (TPSA) is 401 Å². The summed E-state index contributed by atoms with van der Waals surface area (Å²) < 4.78 is 62.5. The lowest BCUT2D eigenvalue weighted by molar-refractivity contribution is -0.149. The Hall–Kier alpha value is -7.51.